The monoisotopic (exact) mass is 1990 g/mol. The number of alkyl halides is 3. The maximum absolute atomic E-state index is 13.0. The summed E-state index contributed by atoms with van der Waals surface area (Å²) < 4.78 is 192. The number of aliphatic hydroxyl groups is 10. The molecule has 7 heterocycles. The fraction of sp³-hybridized carbons (Fsp3) is 1.00. The SMILES string of the molecule is CO[C@@H]1[C@H](O)[C@@H](COP(=O)(O)O)O[C@H]1C.C[C@@H]1O[C@H](COP(=O)(O)O)[C@@H](O)[C@H]1Br.C[C@@H]1O[C@H](COP(=O)(O)O)[C@@H](O)[C@H]1Cl.C[C@@H]1O[C@H](COP(=O)(O)O)[C@@H](O)[C@H]1F.C[C@@H]1O[C@H](COP(C)(=O)OP(=O)(O)O)[C@@H](O)[C@H]1O.C[C@@H]1O[C@H](COP(O)(=[Se])OP(=O)(O)O)[C@@H](O)[C@H]1O.[B]P(=O)(OC[C@H]1O[C@@H](C)[C@H](O)[C@@H]1O)OP(=O)(O)O. The van der Waals surface area contributed by atoms with Crippen LogP contribution in [0.15, 0.2) is 0 Å². The van der Waals surface area contributed by atoms with Gasteiger partial charge < -0.3 is 142 Å². The minimum absolute atomic E-state index is 0.213. The molecule has 0 saturated carbocycles. The molecule has 0 amide bonds. The molecule has 7 fully saturated rings. The molecule has 7 aliphatic heterocycles. The standard InChI is InChI=1S/C7H16O9P2.C7H15O7P.C6H13BO9P2.C6H12BrO6P.C6H12ClO6P.C6H12FO6P.C6H14O9P2Se/c1-4-6(8)7(9)5(15-4)3-14-17(2,10)16-18(11,12)13;1-4-7(12-2)6(8)5(14-4)3-13-15(9,10)11;1-3-5(8)6(9)4(15-3)2-14-17(7,10)16-18(11,12)13;3*1-3-5(7)6(8)4(13-3)2-12-14(9,10)11;1-3-5(7)6(8)4(14-3)2-13-17(12,18)15-16(9,10)11/h4-9H,3H2,1-2H3,(H2,11,12,13);4-8H,3H2,1-2H3,(H2,9,10,11);3-6,8-9H,2H2,1H3,(H2,11,12,13);3*3-6,8H,2H2,1H3,(H2,9,10,11);3-8H,2H2,1H3,(H,12,18)(H2,9,10,11)/t4-,5+,6-,7+,17?;4-,5+,6+,7-;3-,4+,5-,6+,17?;3*3-,4+,5-,6+;3-,4+,5-,6+,17?/m0000000/s1. The van der Waals surface area contributed by atoms with Gasteiger partial charge in [-0.2, -0.15) is 0 Å². The Labute approximate surface area is 653 Å². The first-order valence-electron chi connectivity index (χ1n) is 31.0. The van der Waals surface area contributed by atoms with Gasteiger partial charge in [0.25, 0.3) is 7.47 Å². The van der Waals surface area contributed by atoms with Crippen molar-refractivity contribution in [3.63, 3.8) is 0 Å². The molecular formula is C44H94BBrClFO52P10Se. The summed E-state index contributed by atoms with van der Waals surface area (Å²) in [4.78, 5) is 127. The van der Waals surface area contributed by atoms with Gasteiger partial charge in [-0.1, -0.05) is 15.9 Å². The number of halogens is 3. The maximum atomic E-state index is 13.0. The van der Waals surface area contributed by atoms with E-state index in [2.05, 4.69) is 51.5 Å². The topological polar surface area (TPSA) is 826 Å². The second kappa shape index (κ2) is 47.2. The van der Waals surface area contributed by atoms with Gasteiger partial charge in [-0.3, -0.25) is 27.2 Å². The van der Waals surface area contributed by atoms with Gasteiger partial charge in [-0.05, 0) is 41.5 Å². The van der Waals surface area contributed by atoms with E-state index in [9.17, 15) is 101 Å². The van der Waals surface area contributed by atoms with Crippen molar-refractivity contribution in [3.8, 4) is 0 Å². The molecular weight excluding hydrogens is 1890 g/mol. The molecule has 52 nitrogen and oxygen atoms in total. The van der Waals surface area contributed by atoms with E-state index in [1.54, 1.807) is 27.7 Å². The van der Waals surface area contributed by atoms with E-state index >= 15 is 0 Å². The molecule has 7 saturated heterocycles. The Kier molecular flexibility index (Phi) is 47.3. The summed E-state index contributed by atoms with van der Waals surface area (Å²) in [6.45, 7) is 9.05. The van der Waals surface area contributed by atoms with E-state index in [1.165, 1.54) is 27.9 Å². The summed E-state index contributed by atoms with van der Waals surface area (Å²) in [6.07, 6.45) is -26.9. The van der Waals surface area contributed by atoms with E-state index in [0.717, 1.165) is 6.66 Å². The van der Waals surface area contributed by atoms with E-state index < -0.39 is 242 Å². The van der Waals surface area contributed by atoms with Crippen molar-refractivity contribution in [2.75, 3.05) is 60.0 Å². The smallest absolute Gasteiger partial charge is 0.388 e. The molecule has 0 spiro atoms. The summed E-state index contributed by atoms with van der Waals surface area (Å²) in [7, 11) is -35.1. The number of hydrogen-bond donors (Lipinski definition) is 25. The molecule has 67 heteroatoms. The van der Waals surface area contributed by atoms with Gasteiger partial charge in [0.2, 0.25) is 7.57 Å². The number of phosphoric ester groups is 4. The van der Waals surface area contributed by atoms with Crippen LogP contribution in [-0.4, -0.2) is 376 Å². The fourth-order valence-corrected chi connectivity index (χ4v) is 19.1. The molecule has 0 aliphatic carbocycles. The fourth-order valence-electron chi connectivity index (χ4n) is 9.55. The van der Waals surface area contributed by atoms with Crippen molar-refractivity contribution in [2.24, 2.45) is 0 Å². The minimum atomic E-state index is -5.05. The molecule has 0 aromatic rings. The summed E-state index contributed by atoms with van der Waals surface area (Å²) in [6, 6.07) is 0. The third kappa shape index (κ3) is 43.8. The van der Waals surface area contributed by atoms with Crippen LogP contribution in [-0.2, 0) is 124 Å². The quantitative estimate of drug-likeness (QED) is 0.0199. The van der Waals surface area contributed by atoms with Crippen molar-refractivity contribution in [3.05, 3.63) is 0 Å². The van der Waals surface area contributed by atoms with Crippen LogP contribution in [0.3, 0.4) is 0 Å². The Morgan fingerprint density at radius 2 is 0.640 bits per heavy atom. The predicted octanol–water partition coefficient (Wildman–Crippen LogP) is -4.50. The van der Waals surface area contributed by atoms with Crippen molar-refractivity contribution in [1.82, 2.24) is 0 Å². The number of methoxy groups -OCH3 is 1. The minimum Gasteiger partial charge on any atom is -0.388 e. The van der Waals surface area contributed by atoms with Crippen molar-refractivity contribution in [2.45, 2.75) is 217 Å². The molecule has 3 unspecified atom stereocenters. The van der Waals surface area contributed by atoms with Crippen molar-refractivity contribution in [1.29, 1.82) is 0 Å². The third-order valence-electron chi connectivity index (χ3n) is 14.9. The van der Waals surface area contributed by atoms with Gasteiger partial charge in [0.15, 0.2) is 6.17 Å². The second-order valence-corrected chi connectivity index (χ2v) is 42.8. The Morgan fingerprint density at radius 1 is 0.360 bits per heavy atom. The van der Waals surface area contributed by atoms with E-state index in [1.807, 2.05) is 15.1 Å². The average molecular weight is 1990 g/mol. The van der Waals surface area contributed by atoms with Crippen LogP contribution in [0.2, 0.25) is 0 Å². The van der Waals surface area contributed by atoms with Crippen LogP contribution in [0.5, 0.6) is 0 Å². The molecule has 111 heavy (non-hydrogen) atoms. The van der Waals surface area contributed by atoms with Crippen molar-refractivity contribution < 1.29 is 252 Å². The van der Waals surface area contributed by atoms with Gasteiger partial charge >= 0.3 is 165 Å². The second-order valence-electron chi connectivity index (χ2n) is 24.1. The summed E-state index contributed by atoms with van der Waals surface area (Å²) in [5, 5.41) is 93.9. The Hall–Kier alpha value is 2.06. The third-order valence-corrected chi connectivity index (χ3v) is 27.7. The summed E-state index contributed by atoms with van der Waals surface area (Å²) >= 11 is 10.9. The molecule has 662 valence electrons. The van der Waals surface area contributed by atoms with Crippen LogP contribution >= 0.6 is 104 Å². The van der Waals surface area contributed by atoms with Crippen LogP contribution < -0.4 is 0 Å². The molecule has 0 aromatic carbocycles. The Balaban J connectivity index is 0.000000649. The van der Waals surface area contributed by atoms with Gasteiger partial charge in [-0.15, -0.1) is 11.6 Å². The number of ether oxygens (including phenoxy) is 8. The Bertz CT molecular complexity index is 3010. The van der Waals surface area contributed by atoms with E-state index in [-0.39, 0.29) is 49.6 Å². The van der Waals surface area contributed by atoms with E-state index in [0.29, 0.717) is 0 Å². The van der Waals surface area contributed by atoms with Gasteiger partial charge in [0.1, 0.15) is 85.5 Å². The molecule has 7 rings (SSSR count). The van der Waals surface area contributed by atoms with E-state index in [4.69, 9.17) is 135 Å². The van der Waals surface area contributed by atoms with Gasteiger partial charge in [-0.25, -0.2) is 40.4 Å². The molecule has 0 aromatic heterocycles. The molecule has 31 atom stereocenters. The normalized spacial score (nSPS) is 37.5. The van der Waals surface area contributed by atoms with Crippen LogP contribution in [0.1, 0.15) is 48.5 Å². The zero-order chi connectivity index (χ0) is 86.8. The average Bonchev–Trinajstić information content (AvgIpc) is 1.76. The molecule has 7 aliphatic rings. The maximum Gasteiger partial charge on any atom is 0.476 e. The van der Waals surface area contributed by atoms with Gasteiger partial charge in [0.05, 0.1) is 92.6 Å². The number of phosphoric acid groups is 7. The Morgan fingerprint density at radius 3 is 0.910 bits per heavy atom. The summed E-state index contributed by atoms with van der Waals surface area (Å²) in [5.74, 6) is 0. The predicted molar refractivity (Wildman–Crippen MR) is 369 cm³/mol. The number of aliphatic hydroxyl groups excluding tert-OH is 10. The van der Waals surface area contributed by atoms with Gasteiger partial charge in [0, 0.05) is 13.8 Å². The largest absolute Gasteiger partial charge is 0.476 e. The first kappa shape index (κ1) is 111. The number of hydrogen-bond acceptors (Lipinski definition) is 38. The first-order valence-corrected chi connectivity index (χ1v) is 50.5. The van der Waals surface area contributed by atoms with Crippen LogP contribution in [0.25, 0.3) is 0 Å². The molecule has 2 radical (unpaired) electrons. The first-order chi connectivity index (χ1) is 49.8. The summed E-state index contributed by atoms with van der Waals surface area (Å²) in [5.41, 5.74) is 0. The van der Waals surface area contributed by atoms with Crippen molar-refractivity contribution >= 4 is 126 Å². The molecule has 0 bridgehead atoms. The number of rotatable bonds is 28. The van der Waals surface area contributed by atoms with Crippen LogP contribution in [0, 0.1) is 0 Å². The zero-order valence-corrected chi connectivity index (χ0v) is 71.9. The zero-order valence-electron chi connectivity index (χ0n) is 58.9. The van der Waals surface area contributed by atoms with Crippen LogP contribution in [0.4, 0.5) is 4.39 Å². The molecule has 25 N–H and O–H groups in total.